The first-order valence-electron chi connectivity index (χ1n) is 13.7. The minimum Gasteiger partial charge on any atom is -0.496 e. The lowest BCUT2D eigenvalue weighted by atomic mass is 9.90. The van der Waals surface area contributed by atoms with E-state index in [1.54, 1.807) is 22.7 Å². The molecule has 0 bridgehead atoms. The Kier molecular flexibility index (Phi) is 8.80. The maximum absolute atomic E-state index is 14.4. The molecule has 9 heteroatoms. The van der Waals surface area contributed by atoms with Crippen LogP contribution in [0.3, 0.4) is 0 Å². The van der Waals surface area contributed by atoms with Gasteiger partial charge in [0.15, 0.2) is 4.80 Å². The number of rotatable bonds is 9. The molecule has 1 aliphatic rings. The second-order valence-electron chi connectivity index (χ2n) is 9.74. The van der Waals surface area contributed by atoms with E-state index in [0.717, 1.165) is 26.4 Å². The van der Waals surface area contributed by atoms with Crippen molar-refractivity contribution in [2.75, 3.05) is 26.8 Å². The molecule has 0 N–H and O–H groups in total. The second kappa shape index (κ2) is 12.5. The molecule has 42 heavy (non-hydrogen) atoms. The molecule has 4 aromatic rings. The number of nitrogens with zero attached hydrogens (tertiary/aromatic N) is 3. The van der Waals surface area contributed by atoms with Gasteiger partial charge in [0.05, 0.1) is 22.9 Å². The molecule has 0 spiro atoms. The van der Waals surface area contributed by atoms with Crippen LogP contribution in [-0.4, -0.2) is 42.2 Å². The molecule has 1 aromatic heterocycles. The summed E-state index contributed by atoms with van der Waals surface area (Å²) in [6.07, 6.45) is 3.49. The van der Waals surface area contributed by atoms with Crippen molar-refractivity contribution in [2.24, 2.45) is 4.99 Å². The molecule has 0 radical (unpaired) electrons. The van der Waals surface area contributed by atoms with Crippen LogP contribution in [-0.2, 0) is 4.79 Å². The molecule has 0 saturated heterocycles. The molecule has 0 fully saturated rings. The summed E-state index contributed by atoms with van der Waals surface area (Å²) in [4.78, 5) is 35.6. The van der Waals surface area contributed by atoms with Gasteiger partial charge >= 0.3 is 0 Å². The van der Waals surface area contributed by atoms with Crippen LogP contribution in [0.5, 0.6) is 11.5 Å². The number of halogens is 1. The number of hydrogen-bond donors (Lipinski definition) is 0. The van der Waals surface area contributed by atoms with Crippen LogP contribution in [0, 0.1) is 0 Å². The van der Waals surface area contributed by atoms with Gasteiger partial charge in [0.25, 0.3) is 11.5 Å². The van der Waals surface area contributed by atoms with E-state index in [2.05, 4.69) is 22.5 Å². The van der Waals surface area contributed by atoms with Crippen LogP contribution < -0.4 is 24.4 Å². The van der Waals surface area contributed by atoms with Gasteiger partial charge in [-0.1, -0.05) is 70.3 Å². The highest BCUT2D eigenvalue weighted by molar-refractivity contribution is 9.10. The van der Waals surface area contributed by atoms with E-state index in [9.17, 15) is 9.59 Å². The molecule has 5 rings (SSSR count). The fraction of sp³-hybridized carbons (Fsp3) is 0.242. The summed E-state index contributed by atoms with van der Waals surface area (Å²) in [5, 5.41) is 1.89. The van der Waals surface area contributed by atoms with Crippen molar-refractivity contribution in [2.45, 2.75) is 26.8 Å². The van der Waals surface area contributed by atoms with Gasteiger partial charge < -0.3 is 14.4 Å². The Morgan fingerprint density at radius 1 is 1.14 bits per heavy atom. The fourth-order valence-corrected chi connectivity index (χ4v) is 6.75. The summed E-state index contributed by atoms with van der Waals surface area (Å²) >= 11 is 4.82. The summed E-state index contributed by atoms with van der Waals surface area (Å²) in [5.41, 5.74) is 2.30. The average Bonchev–Trinajstić information content (AvgIpc) is 3.29. The minimum absolute atomic E-state index is 0.150. The summed E-state index contributed by atoms with van der Waals surface area (Å²) in [6.45, 7) is 10.9. The lowest BCUT2D eigenvalue weighted by molar-refractivity contribution is -0.127. The third kappa shape index (κ3) is 5.34. The van der Waals surface area contributed by atoms with Gasteiger partial charge in [0.1, 0.15) is 24.1 Å². The normalized spacial score (nSPS) is 14.9. The Morgan fingerprint density at radius 2 is 1.88 bits per heavy atom. The molecule has 0 unspecified atom stereocenters. The maximum Gasteiger partial charge on any atom is 0.271 e. The van der Waals surface area contributed by atoms with Crippen LogP contribution >= 0.6 is 27.3 Å². The third-order valence-corrected chi connectivity index (χ3v) is 8.82. The van der Waals surface area contributed by atoms with Crippen LogP contribution in [0.25, 0.3) is 16.8 Å². The molecule has 2 heterocycles. The number of allylic oxidation sites excluding steroid dienone is 1. The van der Waals surface area contributed by atoms with E-state index >= 15 is 0 Å². The first kappa shape index (κ1) is 29.5. The van der Waals surface area contributed by atoms with Crippen LogP contribution in [0.4, 0.5) is 0 Å². The molecular formula is C33H32BrN3O4S. The van der Waals surface area contributed by atoms with Gasteiger partial charge in [0.2, 0.25) is 0 Å². The number of benzene rings is 3. The number of carbonyl (C=O) groups excluding carboxylic acids is 1. The smallest absolute Gasteiger partial charge is 0.271 e. The standard InChI is InChI=1S/C33H32BrN3O4S/c1-6-17-41-25-16-14-23(34)18-22(25)19-27-31(38)37-30(29-24-12-10-9-11-21(24)13-15-26(29)40-5)28(20(4)35-33(37)42-27)32(39)36(7-2)8-3/h6,9-16,18-19,30H,1,7-8,17H2,2-5H3/b27-19+/t30-/m1/s1. The molecule has 1 aliphatic heterocycles. The number of thiazole rings is 1. The molecule has 216 valence electrons. The Balaban J connectivity index is 1.83. The Labute approximate surface area is 256 Å². The highest BCUT2D eigenvalue weighted by Gasteiger charge is 2.36. The zero-order valence-electron chi connectivity index (χ0n) is 24.0. The number of ether oxygens (including phenoxy) is 2. The van der Waals surface area contributed by atoms with E-state index in [1.165, 1.54) is 11.3 Å². The van der Waals surface area contributed by atoms with Crippen LogP contribution in [0.15, 0.2) is 92.8 Å². The number of hydrogen-bond acceptors (Lipinski definition) is 6. The maximum atomic E-state index is 14.4. The van der Waals surface area contributed by atoms with Gasteiger partial charge in [-0.25, -0.2) is 4.99 Å². The van der Waals surface area contributed by atoms with Crippen LogP contribution in [0.1, 0.15) is 37.9 Å². The van der Waals surface area contributed by atoms with Crippen molar-refractivity contribution in [1.29, 1.82) is 0 Å². The predicted molar refractivity (Wildman–Crippen MR) is 172 cm³/mol. The Hall–Kier alpha value is -3.95. The van der Waals surface area contributed by atoms with Gasteiger partial charge in [-0.05, 0) is 61.9 Å². The lowest BCUT2D eigenvalue weighted by Gasteiger charge is -2.30. The van der Waals surface area contributed by atoms with E-state index in [0.29, 0.717) is 51.8 Å². The molecule has 0 saturated carbocycles. The first-order valence-corrected chi connectivity index (χ1v) is 15.3. The molecule has 1 atom stereocenters. The van der Waals surface area contributed by atoms with Crippen molar-refractivity contribution in [3.8, 4) is 11.5 Å². The quantitative estimate of drug-likeness (QED) is 0.222. The highest BCUT2D eigenvalue weighted by atomic mass is 79.9. The van der Waals surface area contributed by atoms with E-state index < -0.39 is 6.04 Å². The minimum atomic E-state index is -0.739. The van der Waals surface area contributed by atoms with E-state index in [-0.39, 0.29) is 11.5 Å². The summed E-state index contributed by atoms with van der Waals surface area (Å²) < 4.78 is 14.7. The summed E-state index contributed by atoms with van der Waals surface area (Å²) in [5.74, 6) is 1.08. The topological polar surface area (TPSA) is 73.1 Å². The summed E-state index contributed by atoms with van der Waals surface area (Å²) in [6, 6.07) is 16.7. The van der Waals surface area contributed by atoms with E-state index in [4.69, 9.17) is 14.5 Å². The van der Waals surface area contributed by atoms with Gasteiger partial charge in [-0.15, -0.1) is 0 Å². The number of fused-ring (bicyclic) bond motifs is 2. The van der Waals surface area contributed by atoms with Crippen molar-refractivity contribution in [3.63, 3.8) is 0 Å². The number of methoxy groups -OCH3 is 1. The predicted octanol–water partition coefficient (Wildman–Crippen LogP) is 5.59. The van der Waals surface area contributed by atoms with Gasteiger partial charge in [-0.2, -0.15) is 0 Å². The molecular weight excluding hydrogens is 614 g/mol. The number of amides is 1. The Morgan fingerprint density at radius 3 is 2.60 bits per heavy atom. The zero-order valence-corrected chi connectivity index (χ0v) is 26.4. The number of carbonyl (C=O) groups is 1. The fourth-order valence-electron chi connectivity index (χ4n) is 5.34. The van der Waals surface area contributed by atoms with Crippen molar-refractivity contribution >= 4 is 50.0 Å². The van der Waals surface area contributed by atoms with Crippen molar-refractivity contribution < 1.29 is 14.3 Å². The number of aromatic nitrogens is 1. The second-order valence-corrected chi connectivity index (χ2v) is 11.7. The van der Waals surface area contributed by atoms with Gasteiger partial charge in [-0.3, -0.25) is 14.2 Å². The number of likely N-dealkylation sites (N-methyl/N-ethyl adjacent to an activating group) is 1. The zero-order chi connectivity index (χ0) is 30.0. The molecule has 0 aliphatic carbocycles. The van der Waals surface area contributed by atoms with Crippen molar-refractivity contribution in [3.05, 3.63) is 114 Å². The highest BCUT2D eigenvalue weighted by Crippen LogP contribution is 2.40. The summed E-state index contributed by atoms with van der Waals surface area (Å²) in [7, 11) is 1.61. The largest absolute Gasteiger partial charge is 0.496 e. The van der Waals surface area contributed by atoms with Crippen molar-refractivity contribution in [1.82, 2.24) is 9.47 Å². The Bertz CT molecular complexity index is 1900. The van der Waals surface area contributed by atoms with Crippen LogP contribution in [0.2, 0.25) is 0 Å². The first-order chi connectivity index (χ1) is 20.3. The average molecular weight is 647 g/mol. The van der Waals surface area contributed by atoms with Gasteiger partial charge in [0, 0.05) is 28.7 Å². The molecule has 3 aromatic carbocycles. The third-order valence-electron chi connectivity index (χ3n) is 7.34. The SMILES string of the molecule is C=CCOc1ccc(Br)cc1/C=c1/sc2n(c1=O)[C@@H](c1c(OC)ccc3ccccc13)C(C(=O)N(CC)CC)=C(C)N=2. The molecule has 7 nitrogen and oxygen atoms in total. The lowest BCUT2D eigenvalue weighted by Crippen LogP contribution is -2.43. The monoisotopic (exact) mass is 645 g/mol. The molecule has 1 amide bonds. The van der Waals surface area contributed by atoms with E-state index in [1.807, 2.05) is 81.4 Å².